The summed E-state index contributed by atoms with van der Waals surface area (Å²) in [5.74, 6) is -0.301. The van der Waals surface area contributed by atoms with Crippen LogP contribution in [0.2, 0.25) is 0 Å². The molecule has 4 rings (SSSR count). The first-order valence-electron chi connectivity index (χ1n) is 8.41. The zero-order valence-corrected chi connectivity index (χ0v) is 14.3. The number of rotatable bonds is 5. The molecule has 0 fully saturated rings. The first-order chi connectivity index (χ1) is 13.1. The van der Waals surface area contributed by atoms with Crippen LogP contribution in [0.1, 0.15) is 12.2 Å². The Hall–Kier alpha value is -3.75. The van der Waals surface area contributed by atoms with Crippen molar-refractivity contribution in [3.05, 3.63) is 60.6 Å². The quantitative estimate of drug-likeness (QED) is 0.683. The molecule has 27 heavy (non-hydrogen) atoms. The Morgan fingerprint density at radius 1 is 1.11 bits per heavy atom. The van der Waals surface area contributed by atoms with Crippen molar-refractivity contribution in [2.75, 3.05) is 5.01 Å². The minimum absolute atomic E-state index is 0.149. The van der Waals surface area contributed by atoms with Crippen LogP contribution < -0.4 is 16.1 Å². The van der Waals surface area contributed by atoms with E-state index in [9.17, 15) is 9.59 Å². The van der Waals surface area contributed by atoms with Crippen molar-refractivity contribution < 1.29 is 9.59 Å². The molecular formula is C18H17N7O2. The smallest absolute Gasteiger partial charge is 0.267 e. The van der Waals surface area contributed by atoms with E-state index in [1.165, 1.54) is 5.01 Å². The predicted molar refractivity (Wildman–Crippen MR) is 98.8 cm³/mol. The molecule has 2 aromatic heterocycles. The van der Waals surface area contributed by atoms with Crippen LogP contribution in [0.5, 0.6) is 0 Å². The summed E-state index contributed by atoms with van der Waals surface area (Å²) in [6.45, 7) is 0.190. The predicted octanol–water partition coefficient (Wildman–Crippen LogP) is 0.466. The van der Waals surface area contributed by atoms with Crippen LogP contribution in [0.4, 0.5) is 5.69 Å². The van der Waals surface area contributed by atoms with Crippen molar-refractivity contribution in [1.29, 1.82) is 0 Å². The molecule has 1 aromatic carbocycles. The lowest BCUT2D eigenvalue weighted by molar-refractivity contribution is -0.119. The summed E-state index contributed by atoms with van der Waals surface area (Å²) < 4.78 is 1.79. The van der Waals surface area contributed by atoms with Gasteiger partial charge in [-0.2, -0.15) is 5.10 Å². The lowest BCUT2D eigenvalue weighted by atomic mass is 10.1. The summed E-state index contributed by atoms with van der Waals surface area (Å²) in [6.07, 6.45) is 1.97. The number of nitrogens with one attached hydrogen (secondary N) is 1. The molecular weight excluding hydrogens is 346 g/mol. The zero-order chi connectivity index (χ0) is 18.8. The summed E-state index contributed by atoms with van der Waals surface area (Å²) in [4.78, 5) is 24.3. The Morgan fingerprint density at radius 2 is 1.89 bits per heavy atom. The van der Waals surface area contributed by atoms with E-state index in [1.807, 2.05) is 54.7 Å². The summed E-state index contributed by atoms with van der Waals surface area (Å²) >= 11 is 0. The van der Waals surface area contributed by atoms with Gasteiger partial charge in [0, 0.05) is 12.6 Å². The molecule has 0 saturated heterocycles. The molecule has 0 aliphatic carbocycles. The number of para-hydroxylation sites is 1. The standard InChI is InChI=1S/C18H17N7O2/c19-17(26)14-10-13(23-25(14)12-6-2-1-3-7-12)18(27)20-11-16-22-21-15-8-4-5-9-24(15)16/h1-9,14H,10-11H2,(H2,19,26)(H,20,27). The van der Waals surface area contributed by atoms with Crippen LogP contribution in [0.25, 0.3) is 5.65 Å². The molecule has 9 heteroatoms. The number of carbonyl (C=O) groups excluding carboxylic acids is 2. The van der Waals surface area contributed by atoms with E-state index in [2.05, 4.69) is 20.6 Å². The number of anilines is 1. The number of amides is 2. The van der Waals surface area contributed by atoms with Crippen LogP contribution in [-0.4, -0.2) is 38.2 Å². The van der Waals surface area contributed by atoms with Gasteiger partial charge in [0.2, 0.25) is 5.91 Å². The van der Waals surface area contributed by atoms with E-state index < -0.39 is 11.9 Å². The van der Waals surface area contributed by atoms with Crippen molar-refractivity contribution in [1.82, 2.24) is 19.9 Å². The lowest BCUT2D eigenvalue weighted by Gasteiger charge is -2.20. The van der Waals surface area contributed by atoms with Crippen molar-refractivity contribution in [2.45, 2.75) is 19.0 Å². The Labute approximate surface area is 154 Å². The van der Waals surface area contributed by atoms with E-state index in [4.69, 9.17) is 5.73 Å². The van der Waals surface area contributed by atoms with E-state index in [0.717, 1.165) is 0 Å². The minimum atomic E-state index is -0.693. The van der Waals surface area contributed by atoms with E-state index in [0.29, 0.717) is 17.2 Å². The van der Waals surface area contributed by atoms with Gasteiger partial charge in [0.1, 0.15) is 11.8 Å². The SMILES string of the molecule is NC(=O)C1CC(C(=O)NCc2nnc3ccccn23)=NN1c1ccccc1. The second-order valence-electron chi connectivity index (χ2n) is 6.08. The lowest BCUT2D eigenvalue weighted by Crippen LogP contribution is -2.39. The molecule has 1 aliphatic heterocycles. The topological polar surface area (TPSA) is 118 Å². The molecule has 0 saturated carbocycles. The van der Waals surface area contributed by atoms with Crippen LogP contribution >= 0.6 is 0 Å². The number of nitrogens with two attached hydrogens (primary N) is 1. The normalized spacial score (nSPS) is 16.4. The number of carbonyl (C=O) groups is 2. The fraction of sp³-hybridized carbons (Fsp3) is 0.167. The first kappa shape index (κ1) is 16.7. The Balaban J connectivity index is 1.50. The highest BCUT2D eigenvalue weighted by Gasteiger charge is 2.34. The summed E-state index contributed by atoms with van der Waals surface area (Å²) in [5.41, 5.74) is 7.14. The van der Waals surface area contributed by atoms with Crippen molar-refractivity contribution in [3.63, 3.8) is 0 Å². The number of hydrogen-bond donors (Lipinski definition) is 2. The maximum absolute atomic E-state index is 12.5. The van der Waals surface area contributed by atoms with Crippen LogP contribution in [-0.2, 0) is 16.1 Å². The third-order valence-electron chi connectivity index (χ3n) is 4.31. The second kappa shape index (κ2) is 6.87. The Bertz CT molecular complexity index is 1030. The maximum Gasteiger partial charge on any atom is 0.267 e. The Kier molecular flexibility index (Phi) is 4.25. The van der Waals surface area contributed by atoms with Gasteiger partial charge >= 0.3 is 0 Å². The van der Waals surface area contributed by atoms with Gasteiger partial charge in [0.25, 0.3) is 5.91 Å². The van der Waals surface area contributed by atoms with Crippen LogP contribution in [0, 0.1) is 0 Å². The monoisotopic (exact) mass is 363 g/mol. The molecule has 1 atom stereocenters. The zero-order valence-electron chi connectivity index (χ0n) is 14.3. The number of pyridine rings is 1. The van der Waals surface area contributed by atoms with E-state index in [-0.39, 0.29) is 24.6 Å². The molecule has 3 N–H and O–H groups in total. The molecule has 1 aliphatic rings. The number of nitrogens with zero attached hydrogens (tertiary/aromatic N) is 5. The molecule has 0 spiro atoms. The van der Waals surface area contributed by atoms with Crippen molar-refractivity contribution in [3.8, 4) is 0 Å². The van der Waals surface area contributed by atoms with Gasteiger partial charge in [-0.3, -0.25) is 19.0 Å². The number of hydrogen-bond acceptors (Lipinski definition) is 6. The van der Waals surface area contributed by atoms with Crippen molar-refractivity contribution in [2.24, 2.45) is 10.8 Å². The average Bonchev–Trinajstić information content (AvgIpc) is 3.32. The molecule has 3 heterocycles. The van der Waals surface area contributed by atoms with E-state index in [1.54, 1.807) is 4.40 Å². The third-order valence-corrected chi connectivity index (χ3v) is 4.31. The second-order valence-corrected chi connectivity index (χ2v) is 6.08. The van der Waals surface area contributed by atoms with Gasteiger partial charge in [-0.25, -0.2) is 0 Å². The summed E-state index contributed by atoms with van der Waals surface area (Å²) in [6, 6.07) is 14.0. The largest absolute Gasteiger partial charge is 0.368 e. The summed E-state index contributed by atoms with van der Waals surface area (Å²) in [5, 5.41) is 16.7. The minimum Gasteiger partial charge on any atom is -0.368 e. The van der Waals surface area contributed by atoms with Gasteiger partial charge in [-0.05, 0) is 24.3 Å². The maximum atomic E-state index is 12.5. The number of hydrazone groups is 1. The Morgan fingerprint density at radius 3 is 2.67 bits per heavy atom. The van der Waals surface area contributed by atoms with Gasteiger partial charge in [-0.1, -0.05) is 24.3 Å². The molecule has 1 unspecified atom stereocenters. The number of benzene rings is 1. The van der Waals surface area contributed by atoms with Gasteiger partial charge in [-0.15, -0.1) is 10.2 Å². The number of primary amides is 1. The molecule has 9 nitrogen and oxygen atoms in total. The number of fused-ring (bicyclic) bond motifs is 1. The first-order valence-corrected chi connectivity index (χ1v) is 8.41. The summed E-state index contributed by atoms with van der Waals surface area (Å²) in [7, 11) is 0. The third kappa shape index (κ3) is 3.22. The van der Waals surface area contributed by atoms with Crippen molar-refractivity contribution >= 4 is 28.9 Å². The molecule has 2 amide bonds. The van der Waals surface area contributed by atoms with Crippen LogP contribution in [0.3, 0.4) is 0 Å². The molecule has 0 radical (unpaired) electrons. The highest BCUT2D eigenvalue weighted by Crippen LogP contribution is 2.24. The fourth-order valence-electron chi connectivity index (χ4n) is 2.96. The van der Waals surface area contributed by atoms with Gasteiger partial charge < -0.3 is 11.1 Å². The molecule has 0 bridgehead atoms. The number of aromatic nitrogens is 3. The highest BCUT2D eigenvalue weighted by molar-refractivity contribution is 6.40. The van der Waals surface area contributed by atoms with Gasteiger partial charge in [0.05, 0.1) is 12.2 Å². The molecule has 136 valence electrons. The van der Waals surface area contributed by atoms with Gasteiger partial charge in [0.15, 0.2) is 11.5 Å². The van der Waals surface area contributed by atoms with E-state index >= 15 is 0 Å². The van der Waals surface area contributed by atoms with Crippen LogP contribution in [0.15, 0.2) is 59.8 Å². The molecule has 3 aromatic rings. The highest BCUT2D eigenvalue weighted by atomic mass is 16.2. The average molecular weight is 363 g/mol. The fourth-order valence-corrected chi connectivity index (χ4v) is 2.96.